The van der Waals surface area contributed by atoms with Crippen molar-refractivity contribution in [2.24, 2.45) is 0 Å². The second-order valence-electron chi connectivity index (χ2n) is 2.27. The minimum atomic E-state index is -2.00. The van der Waals surface area contributed by atoms with Crippen molar-refractivity contribution in [1.82, 2.24) is 0 Å². The third-order valence-corrected chi connectivity index (χ3v) is 0. The van der Waals surface area contributed by atoms with Crippen molar-refractivity contribution in [3.8, 4) is 0 Å². The Morgan fingerprint density at radius 1 is 1.08 bits per heavy atom. The minimum absolute atomic E-state index is 0.167. The summed E-state index contributed by atoms with van der Waals surface area (Å²) in [5.41, 5.74) is 0. The molecule has 78 valence electrons. The van der Waals surface area contributed by atoms with Crippen LogP contribution in [0.3, 0.4) is 0 Å². The average molecular weight is 264 g/mol. The molecule has 0 amide bonds. The van der Waals surface area contributed by atoms with E-state index in [-0.39, 0.29) is 12.2 Å². The van der Waals surface area contributed by atoms with E-state index >= 15 is 0 Å². The van der Waals surface area contributed by atoms with Gasteiger partial charge in [-0.05, 0) is 27.7 Å². The van der Waals surface area contributed by atoms with E-state index in [0.717, 1.165) is 20.4 Å². The maximum atomic E-state index is 8.50. The van der Waals surface area contributed by atoms with Gasteiger partial charge in [0.15, 0.2) is 0 Å². The van der Waals surface area contributed by atoms with Gasteiger partial charge in [0.1, 0.15) is 0 Å². The first-order valence-corrected chi connectivity index (χ1v) is 5.35. The third kappa shape index (κ3) is 1860. The SMILES string of the molecule is CC(C)O.CC(C)O.[O]=[Ti+].[O]=[Ti][O-]. The Kier molecular flexibility index (Phi) is 53.1. The summed E-state index contributed by atoms with van der Waals surface area (Å²) in [7, 11) is 0. The molecule has 0 aliphatic heterocycles. The molecule has 5 nitrogen and oxygen atoms in total. The maximum absolute atomic E-state index is 8.50. The molecule has 7 heteroatoms. The Bertz CT molecular complexity index is 67.9. The molecule has 0 aromatic carbocycles. The quantitative estimate of drug-likeness (QED) is 0.566. The summed E-state index contributed by atoms with van der Waals surface area (Å²) >= 11 is -1.25. The van der Waals surface area contributed by atoms with Crippen molar-refractivity contribution < 1.29 is 60.5 Å². The second-order valence-corrected chi connectivity index (χ2v) is 2.53. The van der Waals surface area contributed by atoms with Gasteiger partial charge in [-0.2, -0.15) is 0 Å². The van der Waals surface area contributed by atoms with Gasteiger partial charge in [0, 0.05) is 12.2 Å². The molecule has 0 heterocycles. The van der Waals surface area contributed by atoms with E-state index in [0.29, 0.717) is 0 Å². The number of aliphatic hydroxyl groups excluding tert-OH is 2. The molecule has 0 atom stereocenters. The molecule has 13 heavy (non-hydrogen) atoms. The van der Waals surface area contributed by atoms with E-state index in [1.54, 1.807) is 27.7 Å². The summed E-state index contributed by atoms with van der Waals surface area (Å²) in [6.45, 7) is 6.89. The van der Waals surface area contributed by atoms with Gasteiger partial charge in [-0.3, -0.25) is 0 Å². The van der Waals surface area contributed by atoms with Gasteiger partial charge in [-0.25, -0.2) is 0 Å². The van der Waals surface area contributed by atoms with Crippen molar-refractivity contribution in [2.45, 2.75) is 39.9 Å². The average Bonchev–Trinajstić information content (AvgIpc) is 1.89. The van der Waals surface area contributed by atoms with Gasteiger partial charge >= 0.3 is 50.3 Å². The molecular weight excluding hydrogens is 248 g/mol. The zero-order valence-electron chi connectivity index (χ0n) is 8.27. The molecule has 0 aliphatic rings. The Hall–Kier alpha value is 0.909. The van der Waals surface area contributed by atoms with Gasteiger partial charge in [-0.15, -0.1) is 0 Å². The van der Waals surface area contributed by atoms with Crippen molar-refractivity contribution in [2.75, 3.05) is 0 Å². The van der Waals surface area contributed by atoms with Crippen LogP contribution in [0.5, 0.6) is 0 Å². The van der Waals surface area contributed by atoms with Crippen LogP contribution in [-0.4, -0.2) is 22.4 Å². The molecule has 0 spiro atoms. The van der Waals surface area contributed by atoms with Crippen molar-refractivity contribution in [1.29, 1.82) is 0 Å². The molecule has 0 aliphatic carbocycles. The summed E-state index contributed by atoms with van der Waals surface area (Å²) in [4.78, 5) is 0. The van der Waals surface area contributed by atoms with Crippen molar-refractivity contribution >= 4 is 0 Å². The van der Waals surface area contributed by atoms with E-state index in [1.807, 2.05) is 0 Å². The molecule has 0 aromatic heterocycles. The van der Waals surface area contributed by atoms with E-state index < -0.39 is 19.5 Å². The van der Waals surface area contributed by atoms with Crippen LogP contribution in [0.2, 0.25) is 0 Å². The van der Waals surface area contributed by atoms with Crippen LogP contribution in [-0.2, 0) is 46.6 Å². The summed E-state index contributed by atoms with van der Waals surface area (Å²) in [5.74, 6) is 0. The summed E-state index contributed by atoms with van der Waals surface area (Å²) in [5, 5.41) is 16.1. The first-order valence-electron chi connectivity index (χ1n) is 3.44. The topological polar surface area (TPSA) is 97.7 Å². The standard InChI is InChI=1S/2C3H8O.3O.2Ti/c2*1-3(2)4;;;;;/h2*3-4H,1-2H3;;;;;/q;;;;-1;;+1. The summed E-state index contributed by atoms with van der Waals surface area (Å²) in [6, 6.07) is 0. The van der Waals surface area contributed by atoms with Crippen LogP contribution in [0.4, 0.5) is 0 Å². The van der Waals surface area contributed by atoms with Crippen LogP contribution in [0.1, 0.15) is 27.7 Å². The van der Waals surface area contributed by atoms with Crippen molar-refractivity contribution in [3.63, 3.8) is 0 Å². The van der Waals surface area contributed by atoms with Crippen molar-refractivity contribution in [3.05, 3.63) is 0 Å². The molecule has 0 radical (unpaired) electrons. The van der Waals surface area contributed by atoms with E-state index in [4.69, 9.17) is 20.6 Å². The first kappa shape index (κ1) is 23.6. The predicted molar refractivity (Wildman–Crippen MR) is 36.1 cm³/mol. The predicted octanol–water partition coefficient (Wildman–Crippen LogP) is -0.657. The van der Waals surface area contributed by atoms with Gasteiger partial charge in [-0.1, -0.05) is 0 Å². The normalized spacial score (nSPS) is 6.69. The van der Waals surface area contributed by atoms with Crippen LogP contribution in [0.25, 0.3) is 0 Å². The van der Waals surface area contributed by atoms with Gasteiger partial charge in [0.2, 0.25) is 0 Å². The molecule has 0 rings (SSSR count). The molecule has 0 saturated heterocycles. The van der Waals surface area contributed by atoms with E-state index in [9.17, 15) is 0 Å². The fourth-order valence-corrected chi connectivity index (χ4v) is 0. The molecule has 0 fully saturated rings. The molecule has 2 N–H and O–H groups in total. The molecule has 0 saturated carbocycles. The fourth-order valence-electron chi connectivity index (χ4n) is 0. The molecule has 0 bridgehead atoms. The van der Waals surface area contributed by atoms with Gasteiger partial charge < -0.3 is 10.2 Å². The van der Waals surface area contributed by atoms with Crippen LogP contribution < -0.4 is 3.69 Å². The van der Waals surface area contributed by atoms with Crippen LogP contribution >= 0.6 is 0 Å². The summed E-state index contributed by atoms with van der Waals surface area (Å²) < 4.78 is 25.2. The van der Waals surface area contributed by atoms with Gasteiger partial charge in [0.25, 0.3) is 0 Å². The molecular formula is C6H16O5Ti2. The number of aliphatic hydroxyl groups is 2. The zero-order chi connectivity index (χ0) is 11.9. The Morgan fingerprint density at radius 2 is 1.08 bits per heavy atom. The van der Waals surface area contributed by atoms with Crippen LogP contribution in [0.15, 0.2) is 0 Å². The molecule has 0 aromatic rings. The van der Waals surface area contributed by atoms with E-state index in [1.165, 1.54) is 0 Å². The Balaban J connectivity index is -0.0000000431. The fraction of sp³-hybridized carbons (Fsp3) is 1.00. The van der Waals surface area contributed by atoms with Gasteiger partial charge in [0.05, 0.1) is 0 Å². The number of rotatable bonds is 0. The number of hydrogen-bond donors (Lipinski definition) is 2. The number of hydrogen-bond acceptors (Lipinski definition) is 5. The van der Waals surface area contributed by atoms with Crippen LogP contribution in [0, 0.1) is 0 Å². The third-order valence-electron chi connectivity index (χ3n) is 0. The monoisotopic (exact) mass is 264 g/mol. The second kappa shape index (κ2) is 29.3. The Morgan fingerprint density at radius 3 is 1.08 bits per heavy atom. The summed E-state index contributed by atoms with van der Waals surface area (Å²) in [6.07, 6.45) is -0.333. The molecule has 0 unspecified atom stereocenters. The zero-order valence-corrected chi connectivity index (χ0v) is 11.4. The Labute approximate surface area is 100 Å². The first-order chi connectivity index (χ1) is 5.88. The van der Waals surface area contributed by atoms with E-state index in [2.05, 4.69) is 0 Å².